The first-order chi connectivity index (χ1) is 18.0. The minimum absolute atomic E-state index is 0.260. The smallest absolute Gasteiger partial charge is 0.347 e. The molecule has 4 atom stereocenters. The standard InChI is InChI=1S/C30H42O7/c1-5-7-15-25(21-27(29(31)33-3)36-23-17-11-9-12-18-23)35-26(16-8-6-2)22-28(30(32)34-4)37-24-19-13-10-14-20-24/h9-14,17-20,25-28H,5-8,15-16,21-22H2,1-4H3. The highest BCUT2D eigenvalue weighted by Crippen LogP contribution is 2.24. The van der Waals surface area contributed by atoms with Crippen molar-refractivity contribution in [1.29, 1.82) is 0 Å². The molecule has 0 amide bonds. The molecule has 0 bridgehead atoms. The van der Waals surface area contributed by atoms with Crippen molar-refractivity contribution in [2.75, 3.05) is 14.2 Å². The number of unbranched alkanes of at least 4 members (excludes halogenated alkanes) is 2. The summed E-state index contributed by atoms with van der Waals surface area (Å²) in [6, 6.07) is 18.4. The number of hydrogen-bond donors (Lipinski definition) is 0. The van der Waals surface area contributed by atoms with E-state index >= 15 is 0 Å². The summed E-state index contributed by atoms with van der Waals surface area (Å²) in [6.45, 7) is 4.23. The fourth-order valence-corrected chi connectivity index (χ4v) is 4.07. The molecule has 4 unspecified atom stereocenters. The number of carbonyl (C=O) groups is 2. The van der Waals surface area contributed by atoms with Crippen LogP contribution < -0.4 is 9.47 Å². The molecule has 0 N–H and O–H groups in total. The number of hydrogen-bond acceptors (Lipinski definition) is 7. The highest BCUT2D eigenvalue weighted by Gasteiger charge is 2.31. The molecule has 0 aliphatic carbocycles. The zero-order valence-electron chi connectivity index (χ0n) is 22.6. The zero-order valence-corrected chi connectivity index (χ0v) is 22.6. The summed E-state index contributed by atoms with van der Waals surface area (Å²) in [6.07, 6.45) is 3.91. The van der Waals surface area contributed by atoms with Crippen LogP contribution in [0.15, 0.2) is 60.7 Å². The van der Waals surface area contributed by atoms with Crippen LogP contribution in [0.25, 0.3) is 0 Å². The summed E-state index contributed by atoms with van der Waals surface area (Å²) in [7, 11) is 2.72. The number of rotatable bonds is 18. The van der Waals surface area contributed by atoms with E-state index in [1.165, 1.54) is 14.2 Å². The molecule has 0 saturated carbocycles. The Hall–Kier alpha value is -3.06. The van der Waals surface area contributed by atoms with Crippen LogP contribution in [0.1, 0.15) is 65.2 Å². The first kappa shape index (κ1) is 30.2. The molecule has 0 heterocycles. The first-order valence-corrected chi connectivity index (χ1v) is 13.2. The van der Waals surface area contributed by atoms with Gasteiger partial charge in [0.1, 0.15) is 11.5 Å². The highest BCUT2D eigenvalue weighted by atomic mass is 16.6. The average molecular weight is 515 g/mol. The Bertz CT molecular complexity index is 814. The maximum atomic E-state index is 12.6. The monoisotopic (exact) mass is 514 g/mol. The third-order valence-corrected chi connectivity index (χ3v) is 6.07. The van der Waals surface area contributed by atoms with E-state index in [1.807, 2.05) is 60.7 Å². The van der Waals surface area contributed by atoms with Gasteiger partial charge in [-0.15, -0.1) is 0 Å². The molecule has 0 radical (unpaired) electrons. The molecule has 2 aromatic carbocycles. The Balaban J connectivity index is 2.20. The van der Waals surface area contributed by atoms with E-state index in [4.69, 9.17) is 23.7 Å². The van der Waals surface area contributed by atoms with Gasteiger partial charge in [0.15, 0.2) is 12.2 Å². The molecule has 0 aromatic heterocycles. The number of para-hydroxylation sites is 2. The van der Waals surface area contributed by atoms with Gasteiger partial charge in [0.25, 0.3) is 0 Å². The Morgan fingerprint density at radius 2 is 1.03 bits per heavy atom. The Labute approximate surface area is 221 Å². The summed E-state index contributed by atoms with van der Waals surface area (Å²) in [5.74, 6) is 0.297. The summed E-state index contributed by atoms with van der Waals surface area (Å²) in [5.41, 5.74) is 0. The van der Waals surface area contributed by atoms with Crippen LogP contribution in [-0.4, -0.2) is 50.6 Å². The lowest BCUT2D eigenvalue weighted by Crippen LogP contribution is -2.38. The second-order valence-electron chi connectivity index (χ2n) is 9.02. The fourth-order valence-electron chi connectivity index (χ4n) is 4.07. The Morgan fingerprint density at radius 3 is 1.35 bits per heavy atom. The number of ether oxygens (including phenoxy) is 5. The predicted octanol–water partition coefficient (Wildman–Crippen LogP) is 6.14. The van der Waals surface area contributed by atoms with Crippen molar-refractivity contribution in [3.05, 3.63) is 60.7 Å². The molecule has 2 aromatic rings. The summed E-state index contributed by atoms with van der Waals surface area (Å²) in [5, 5.41) is 0. The molecular formula is C30H42O7. The molecule has 2 rings (SSSR count). The molecule has 7 heteroatoms. The Kier molecular flexibility index (Phi) is 14.2. The topological polar surface area (TPSA) is 80.3 Å². The van der Waals surface area contributed by atoms with E-state index in [1.54, 1.807) is 0 Å². The van der Waals surface area contributed by atoms with Gasteiger partial charge >= 0.3 is 11.9 Å². The van der Waals surface area contributed by atoms with E-state index in [2.05, 4.69) is 13.8 Å². The Morgan fingerprint density at radius 1 is 0.649 bits per heavy atom. The largest absolute Gasteiger partial charge is 0.479 e. The van der Waals surface area contributed by atoms with E-state index in [-0.39, 0.29) is 12.2 Å². The normalized spacial score (nSPS) is 14.2. The summed E-state index contributed by atoms with van der Waals surface area (Å²) in [4.78, 5) is 25.2. The predicted molar refractivity (Wildman–Crippen MR) is 143 cm³/mol. The lowest BCUT2D eigenvalue weighted by molar-refractivity contribution is -0.153. The van der Waals surface area contributed by atoms with Gasteiger partial charge in [0, 0.05) is 12.8 Å². The van der Waals surface area contributed by atoms with E-state index in [9.17, 15) is 9.59 Å². The van der Waals surface area contributed by atoms with Crippen LogP contribution in [0.2, 0.25) is 0 Å². The van der Waals surface area contributed by atoms with Gasteiger partial charge < -0.3 is 23.7 Å². The van der Waals surface area contributed by atoms with Gasteiger partial charge in [-0.3, -0.25) is 0 Å². The van der Waals surface area contributed by atoms with Crippen LogP contribution in [0.5, 0.6) is 11.5 Å². The molecule has 0 fully saturated rings. The average Bonchev–Trinajstić information content (AvgIpc) is 2.93. The van der Waals surface area contributed by atoms with Crippen molar-refractivity contribution >= 4 is 11.9 Å². The third kappa shape index (κ3) is 11.3. The lowest BCUT2D eigenvalue weighted by Gasteiger charge is -2.29. The second kappa shape index (κ2) is 17.4. The minimum atomic E-state index is -0.807. The molecule has 0 spiro atoms. The third-order valence-electron chi connectivity index (χ3n) is 6.07. The molecule has 0 saturated heterocycles. The highest BCUT2D eigenvalue weighted by molar-refractivity contribution is 5.75. The maximum Gasteiger partial charge on any atom is 0.347 e. The molecule has 0 aliphatic heterocycles. The van der Waals surface area contributed by atoms with Gasteiger partial charge in [-0.05, 0) is 37.1 Å². The molecule has 37 heavy (non-hydrogen) atoms. The van der Waals surface area contributed by atoms with Crippen molar-refractivity contribution in [1.82, 2.24) is 0 Å². The van der Waals surface area contributed by atoms with Gasteiger partial charge in [0.05, 0.1) is 26.4 Å². The summed E-state index contributed by atoms with van der Waals surface area (Å²) < 4.78 is 28.7. The molecule has 7 nitrogen and oxygen atoms in total. The van der Waals surface area contributed by atoms with Crippen molar-refractivity contribution < 1.29 is 33.3 Å². The molecule has 204 valence electrons. The van der Waals surface area contributed by atoms with Crippen LogP contribution in [0, 0.1) is 0 Å². The number of esters is 2. The van der Waals surface area contributed by atoms with Crippen LogP contribution in [0.3, 0.4) is 0 Å². The quantitative estimate of drug-likeness (QED) is 0.221. The van der Waals surface area contributed by atoms with Gasteiger partial charge in [0.2, 0.25) is 0 Å². The van der Waals surface area contributed by atoms with Crippen LogP contribution >= 0.6 is 0 Å². The SMILES string of the molecule is CCCCC(CC(Oc1ccccc1)C(=O)OC)OC(CCCC)CC(Oc1ccccc1)C(=O)OC. The van der Waals surface area contributed by atoms with Gasteiger partial charge in [-0.2, -0.15) is 0 Å². The van der Waals surface area contributed by atoms with E-state index in [0.29, 0.717) is 24.3 Å². The first-order valence-electron chi connectivity index (χ1n) is 13.2. The van der Waals surface area contributed by atoms with Crippen molar-refractivity contribution in [3.8, 4) is 11.5 Å². The van der Waals surface area contributed by atoms with Gasteiger partial charge in [-0.25, -0.2) is 9.59 Å². The van der Waals surface area contributed by atoms with Crippen LogP contribution in [0.4, 0.5) is 0 Å². The summed E-state index contributed by atoms with van der Waals surface area (Å²) >= 11 is 0. The number of carbonyl (C=O) groups excluding carboxylic acids is 2. The maximum absolute atomic E-state index is 12.6. The fraction of sp³-hybridized carbons (Fsp3) is 0.533. The number of methoxy groups -OCH3 is 2. The second-order valence-corrected chi connectivity index (χ2v) is 9.02. The van der Waals surface area contributed by atoms with Crippen LogP contribution in [-0.2, 0) is 23.8 Å². The van der Waals surface area contributed by atoms with Crippen molar-refractivity contribution in [2.45, 2.75) is 89.6 Å². The van der Waals surface area contributed by atoms with E-state index < -0.39 is 24.1 Å². The lowest BCUT2D eigenvalue weighted by atomic mass is 10.0. The minimum Gasteiger partial charge on any atom is -0.479 e. The van der Waals surface area contributed by atoms with Gasteiger partial charge in [-0.1, -0.05) is 75.9 Å². The van der Waals surface area contributed by atoms with E-state index in [0.717, 1.165) is 38.5 Å². The molecule has 0 aliphatic rings. The molecular weight excluding hydrogens is 472 g/mol. The van der Waals surface area contributed by atoms with Crippen molar-refractivity contribution in [3.63, 3.8) is 0 Å². The number of benzene rings is 2. The van der Waals surface area contributed by atoms with Crippen molar-refractivity contribution in [2.24, 2.45) is 0 Å². The zero-order chi connectivity index (χ0) is 26.9.